The SMILES string of the molecule is FC1=CC(F)C(F)(c2ccccc2)C=C1. The first-order valence-electron chi connectivity index (χ1n) is 4.58. The molecule has 78 valence electrons. The van der Waals surface area contributed by atoms with Crippen LogP contribution in [0.25, 0.3) is 0 Å². The van der Waals surface area contributed by atoms with Gasteiger partial charge in [0.15, 0.2) is 11.8 Å². The highest BCUT2D eigenvalue weighted by Crippen LogP contribution is 2.37. The molecule has 1 aliphatic rings. The molecule has 0 fully saturated rings. The molecule has 15 heavy (non-hydrogen) atoms. The number of hydrogen-bond donors (Lipinski definition) is 0. The second-order valence-electron chi connectivity index (χ2n) is 3.42. The summed E-state index contributed by atoms with van der Waals surface area (Å²) >= 11 is 0. The summed E-state index contributed by atoms with van der Waals surface area (Å²) in [6.45, 7) is 0. The van der Waals surface area contributed by atoms with E-state index in [9.17, 15) is 13.2 Å². The first-order valence-corrected chi connectivity index (χ1v) is 4.58. The van der Waals surface area contributed by atoms with E-state index in [1.807, 2.05) is 0 Å². The van der Waals surface area contributed by atoms with Crippen molar-refractivity contribution in [2.75, 3.05) is 0 Å². The molecule has 0 radical (unpaired) electrons. The number of allylic oxidation sites excluding steroid dienone is 4. The minimum atomic E-state index is -2.25. The van der Waals surface area contributed by atoms with Crippen molar-refractivity contribution in [3.8, 4) is 0 Å². The van der Waals surface area contributed by atoms with Crippen molar-refractivity contribution in [2.45, 2.75) is 11.8 Å². The zero-order valence-corrected chi connectivity index (χ0v) is 7.83. The lowest BCUT2D eigenvalue weighted by molar-refractivity contribution is 0.122. The number of halogens is 3. The Morgan fingerprint density at radius 2 is 1.80 bits per heavy atom. The molecule has 0 N–H and O–H groups in total. The molecule has 0 aliphatic heterocycles. The third kappa shape index (κ3) is 1.69. The van der Waals surface area contributed by atoms with Crippen molar-refractivity contribution < 1.29 is 13.2 Å². The quantitative estimate of drug-likeness (QED) is 0.664. The maximum Gasteiger partial charge on any atom is 0.189 e. The van der Waals surface area contributed by atoms with E-state index in [1.54, 1.807) is 18.2 Å². The molecule has 2 rings (SSSR count). The highest BCUT2D eigenvalue weighted by Gasteiger charge is 2.40. The topological polar surface area (TPSA) is 0 Å². The Balaban J connectivity index is 2.41. The Bertz CT molecular complexity index is 408. The van der Waals surface area contributed by atoms with Crippen molar-refractivity contribution in [3.63, 3.8) is 0 Å². The fourth-order valence-electron chi connectivity index (χ4n) is 1.56. The largest absolute Gasteiger partial charge is 0.239 e. The van der Waals surface area contributed by atoms with Gasteiger partial charge in [0.1, 0.15) is 5.83 Å². The molecular formula is C12H9F3. The fourth-order valence-corrected chi connectivity index (χ4v) is 1.56. The summed E-state index contributed by atoms with van der Waals surface area (Å²) in [7, 11) is 0. The highest BCUT2D eigenvalue weighted by atomic mass is 19.2. The Hall–Kier alpha value is -1.51. The molecule has 1 aromatic carbocycles. The van der Waals surface area contributed by atoms with Crippen LogP contribution in [-0.2, 0) is 5.67 Å². The van der Waals surface area contributed by atoms with Gasteiger partial charge in [-0.05, 0) is 23.8 Å². The molecule has 2 unspecified atom stereocenters. The van der Waals surface area contributed by atoms with E-state index in [-0.39, 0.29) is 5.56 Å². The molecule has 0 bridgehead atoms. The molecule has 1 aromatic rings. The number of benzene rings is 1. The first kappa shape index (κ1) is 10.0. The van der Waals surface area contributed by atoms with Gasteiger partial charge in [0.25, 0.3) is 0 Å². The average molecular weight is 210 g/mol. The Kier molecular flexibility index (Phi) is 2.39. The zero-order chi connectivity index (χ0) is 10.9. The van der Waals surface area contributed by atoms with Gasteiger partial charge in [-0.2, -0.15) is 0 Å². The molecule has 0 spiro atoms. The van der Waals surface area contributed by atoms with Gasteiger partial charge in [0, 0.05) is 0 Å². The molecule has 2 atom stereocenters. The molecular weight excluding hydrogens is 201 g/mol. The van der Waals surface area contributed by atoms with E-state index in [0.29, 0.717) is 6.08 Å². The molecule has 0 saturated carbocycles. The van der Waals surface area contributed by atoms with E-state index in [1.165, 1.54) is 12.1 Å². The lowest BCUT2D eigenvalue weighted by atomic mass is 9.87. The number of rotatable bonds is 1. The van der Waals surface area contributed by atoms with E-state index < -0.39 is 17.7 Å². The van der Waals surface area contributed by atoms with Gasteiger partial charge >= 0.3 is 0 Å². The molecule has 0 aromatic heterocycles. The maximum absolute atomic E-state index is 14.2. The molecule has 0 heterocycles. The van der Waals surface area contributed by atoms with Crippen LogP contribution in [0.3, 0.4) is 0 Å². The van der Waals surface area contributed by atoms with Crippen molar-refractivity contribution in [1.82, 2.24) is 0 Å². The maximum atomic E-state index is 14.2. The Morgan fingerprint density at radius 3 is 2.40 bits per heavy atom. The van der Waals surface area contributed by atoms with Gasteiger partial charge in [0.2, 0.25) is 0 Å². The van der Waals surface area contributed by atoms with Crippen LogP contribution < -0.4 is 0 Å². The van der Waals surface area contributed by atoms with E-state index in [2.05, 4.69) is 0 Å². The van der Waals surface area contributed by atoms with Gasteiger partial charge in [-0.25, -0.2) is 13.2 Å². The summed E-state index contributed by atoms with van der Waals surface area (Å²) in [5.74, 6) is -0.744. The minimum absolute atomic E-state index is 0.192. The van der Waals surface area contributed by atoms with Crippen LogP contribution in [0.4, 0.5) is 13.2 Å². The second kappa shape index (κ2) is 3.57. The van der Waals surface area contributed by atoms with Crippen molar-refractivity contribution >= 4 is 0 Å². The summed E-state index contributed by atoms with van der Waals surface area (Å²) in [6.07, 6.45) is 0.531. The third-order valence-electron chi connectivity index (χ3n) is 2.41. The van der Waals surface area contributed by atoms with Gasteiger partial charge in [-0.15, -0.1) is 0 Å². The molecule has 0 saturated heterocycles. The monoisotopic (exact) mass is 210 g/mol. The van der Waals surface area contributed by atoms with Crippen LogP contribution >= 0.6 is 0 Å². The molecule has 1 aliphatic carbocycles. The first-order chi connectivity index (χ1) is 7.13. The standard InChI is InChI=1S/C12H9F3/c13-10-6-7-12(15,11(14)8-10)9-4-2-1-3-5-9/h1-8,11H. The van der Waals surface area contributed by atoms with Crippen LogP contribution in [0.15, 0.2) is 54.4 Å². The van der Waals surface area contributed by atoms with E-state index >= 15 is 0 Å². The van der Waals surface area contributed by atoms with E-state index in [4.69, 9.17) is 0 Å². The number of alkyl halides is 2. The van der Waals surface area contributed by atoms with Crippen LogP contribution in [0.5, 0.6) is 0 Å². The predicted molar refractivity (Wildman–Crippen MR) is 52.5 cm³/mol. The molecule has 3 heteroatoms. The van der Waals surface area contributed by atoms with Crippen LogP contribution in [-0.4, -0.2) is 6.17 Å². The van der Waals surface area contributed by atoms with Crippen molar-refractivity contribution in [2.24, 2.45) is 0 Å². The highest BCUT2D eigenvalue weighted by molar-refractivity contribution is 5.36. The smallest absolute Gasteiger partial charge is 0.189 e. The van der Waals surface area contributed by atoms with Gasteiger partial charge in [-0.3, -0.25) is 0 Å². The fraction of sp³-hybridized carbons (Fsp3) is 0.167. The van der Waals surface area contributed by atoms with Crippen molar-refractivity contribution in [1.29, 1.82) is 0 Å². The summed E-state index contributed by atoms with van der Waals surface area (Å²) in [6, 6.07) is 7.91. The summed E-state index contributed by atoms with van der Waals surface area (Å²) in [4.78, 5) is 0. The Labute approximate surface area is 85.7 Å². The lowest BCUT2D eigenvalue weighted by Gasteiger charge is -2.26. The second-order valence-corrected chi connectivity index (χ2v) is 3.42. The van der Waals surface area contributed by atoms with Crippen molar-refractivity contribution in [3.05, 3.63) is 60.0 Å². The summed E-state index contributed by atoms with van der Waals surface area (Å²) in [5.41, 5.74) is -2.06. The lowest BCUT2D eigenvalue weighted by Crippen LogP contribution is -2.30. The Morgan fingerprint density at radius 1 is 1.13 bits per heavy atom. The average Bonchev–Trinajstić information content (AvgIpc) is 2.25. The van der Waals surface area contributed by atoms with Gasteiger partial charge < -0.3 is 0 Å². The molecule has 0 amide bonds. The predicted octanol–water partition coefficient (Wildman–Crippen LogP) is 3.61. The normalized spacial score (nSPS) is 30.1. The molecule has 0 nitrogen and oxygen atoms in total. The summed E-state index contributed by atoms with van der Waals surface area (Å²) < 4.78 is 40.3. The van der Waals surface area contributed by atoms with Gasteiger partial charge in [0.05, 0.1) is 0 Å². The minimum Gasteiger partial charge on any atom is -0.239 e. The van der Waals surface area contributed by atoms with E-state index in [0.717, 1.165) is 12.2 Å². The summed E-state index contributed by atoms with van der Waals surface area (Å²) in [5, 5.41) is 0. The van der Waals surface area contributed by atoms with Crippen LogP contribution in [0.2, 0.25) is 0 Å². The third-order valence-corrected chi connectivity index (χ3v) is 2.41. The zero-order valence-electron chi connectivity index (χ0n) is 7.83. The van der Waals surface area contributed by atoms with Crippen LogP contribution in [0.1, 0.15) is 5.56 Å². The number of hydrogen-bond acceptors (Lipinski definition) is 0. The van der Waals surface area contributed by atoms with Crippen LogP contribution in [0, 0.1) is 0 Å². The van der Waals surface area contributed by atoms with Gasteiger partial charge in [-0.1, -0.05) is 30.3 Å².